The molecule has 0 aliphatic heterocycles. The second-order valence-corrected chi connectivity index (χ2v) is 3.84. The Morgan fingerprint density at radius 1 is 1.31 bits per heavy atom. The summed E-state index contributed by atoms with van der Waals surface area (Å²) in [6.45, 7) is 3.64. The second-order valence-electron chi connectivity index (χ2n) is 3.84. The summed E-state index contributed by atoms with van der Waals surface area (Å²) in [4.78, 5) is 0. The summed E-state index contributed by atoms with van der Waals surface area (Å²) < 4.78 is 27.0. The molecule has 92 valence electrons. The van der Waals surface area contributed by atoms with Crippen molar-refractivity contribution in [2.24, 2.45) is 5.73 Å². The highest BCUT2D eigenvalue weighted by atomic mass is 35.5. The molecule has 4 heteroatoms. The second kappa shape index (κ2) is 6.81. The van der Waals surface area contributed by atoms with Gasteiger partial charge in [0.2, 0.25) is 0 Å². The van der Waals surface area contributed by atoms with Crippen molar-refractivity contribution in [2.75, 3.05) is 0 Å². The molecule has 1 rings (SSSR count). The van der Waals surface area contributed by atoms with Crippen molar-refractivity contribution in [1.82, 2.24) is 0 Å². The molecule has 0 aliphatic rings. The number of benzene rings is 1. The minimum atomic E-state index is -0.540. The van der Waals surface area contributed by atoms with Crippen molar-refractivity contribution in [1.29, 1.82) is 0 Å². The molecule has 0 radical (unpaired) electrons. The van der Waals surface area contributed by atoms with Crippen molar-refractivity contribution in [2.45, 2.75) is 39.2 Å². The van der Waals surface area contributed by atoms with E-state index in [-0.39, 0.29) is 18.0 Å². The van der Waals surface area contributed by atoms with Gasteiger partial charge in [0.25, 0.3) is 0 Å². The van der Waals surface area contributed by atoms with Gasteiger partial charge in [0.05, 0.1) is 0 Å². The summed E-state index contributed by atoms with van der Waals surface area (Å²) in [5, 5.41) is 0. The fraction of sp³-hybridized carbons (Fsp3) is 0.500. The average molecular weight is 250 g/mol. The third-order valence-electron chi connectivity index (χ3n) is 2.56. The third kappa shape index (κ3) is 3.42. The van der Waals surface area contributed by atoms with E-state index < -0.39 is 17.7 Å². The SMILES string of the molecule is CCCC[C@H](N)c1c(F)ccc(C)c1F.Cl. The Bertz CT molecular complexity index is 342. The van der Waals surface area contributed by atoms with Crippen molar-refractivity contribution in [3.63, 3.8) is 0 Å². The Balaban J connectivity index is 0.00000225. The van der Waals surface area contributed by atoms with Crippen molar-refractivity contribution in [3.8, 4) is 0 Å². The van der Waals surface area contributed by atoms with E-state index in [9.17, 15) is 8.78 Å². The predicted octanol–water partition coefficient (Wildman–Crippen LogP) is 3.89. The lowest BCUT2D eigenvalue weighted by Gasteiger charge is -2.14. The first kappa shape index (κ1) is 15.3. The van der Waals surface area contributed by atoms with Gasteiger partial charge in [0.1, 0.15) is 11.6 Å². The van der Waals surface area contributed by atoms with Gasteiger partial charge in [-0.1, -0.05) is 25.8 Å². The topological polar surface area (TPSA) is 26.0 Å². The van der Waals surface area contributed by atoms with E-state index in [2.05, 4.69) is 0 Å². The van der Waals surface area contributed by atoms with Crippen LogP contribution in [-0.4, -0.2) is 0 Å². The van der Waals surface area contributed by atoms with E-state index in [0.29, 0.717) is 12.0 Å². The molecule has 0 aromatic heterocycles. The molecular formula is C12H18ClF2N. The number of aryl methyl sites for hydroxylation is 1. The van der Waals surface area contributed by atoms with Gasteiger partial charge in [-0.05, 0) is 25.0 Å². The minimum Gasteiger partial charge on any atom is -0.324 e. The summed E-state index contributed by atoms with van der Waals surface area (Å²) in [5.41, 5.74) is 6.25. The third-order valence-corrected chi connectivity index (χ3v) is 2.56. The van der Waals surface area contributed by atoms with E-state index in [1.807, 2.05) is 6.92 Å². The van der Waals surface area contributed by atoms with Crippen LogP contribution in [0.5, 0.6) is 0 Å². The largest absolute Gasteiger partial charge is 0.324 e. The highest BCUT2D eigenvalue weighted by Crippen LogP contribution is 2.24. The Hall–Kier alpha value is -0.670. The Morgan fingerprint density at radius 3 is 2.50 bits per heavy atom. The molecule has 0 aliphatic carbocycles. The normalized spacial score (nSPS) is 12.1. The molecule has 0 saturated heterocycles. The van der Waals surface area contributed by atoms with Crippen LogP contribution in [0.15, 0.2) is 12.1 Å². The first-order valence-corrected chi connectivity index (χ1v) is 5.28. The van der Waals surface area contributed by atoms with Gasteiger partial charge in [0.15, 0.2) is 0 Å². The molecule has 0 bridgehead atoms. The van der Waals surface area contributed by atoms with Gasteiger partial charge in [-0.25, -0.2) is 8.78 Å². The molecule has 0 unspecified atom stereocenters. The Labute approximate surface area is 101 Å². The summed E-state index contributed by atoms with van der Waals surface area (Å²) in [5.74, 6) is -1.04. The van der Waals surface area contributed by atoms with Gasteiger partial charge in [-0.15, -0.1) is 12.4 Å². The van der Waals surface area contributed by atoms with Crippen LogP contribution >= 0.6 is 12.4 Å². The summed E-state index contributed by atoms with van der Waals surface area (Å²) in [7, 11) is 0. The zero-order valence-corrected chi connectivity index (χ0v) is 10.4. The predicted molar refractivity (Wildman–Crippen MR) is 64.8 cm³/mol. The van der Waals surface area contributed by atoms with Crippen LogP contribution in [-0.2, 0) is 0 Å². The lowest BCUT2D eigenvalue weighted by molar-refractivity contribution is 0.499. The van der Waals surface area contributed by atoms with Crippen LogP contribution in [0.4, 0.5) is 8.78 Å². The molecular weight excluding hydrogens is 232 g/mol. The summed E-state index contributed by atoms with van der Waals surface area (Å²) in [6.07, 6.45) is 2.48. The smallest absolute Gasteiger partial charge is 0.133 e. The highest BCUT2D eigenvalue weighted by Gasteiger charge is 2.17. The van der Waals surface area contributed by atoms with E-state index in [4.69, 9.17) is 5.73 Å². The Morgan fingerprint density at radius 2 is 1.94 bits per heavy atom. The molecule has 16 heavy (non-hydrogen) atoms. The minimum absolute atomic E-state index is 0. The monoisotopic (exact) mass is 249 g/mol. The summed E-state index contributed by atoms with van der Waals surface area (Å²) >= 11 is 0. The zero-order valence-electron chi connectivity index (χ0n) is 9.59. The van der Waals surface area contributed by atoms with Gasteiger partial charge in [-0.2, -0.15) is 0 Å². The number of hydrogen-bond donors (Lipinski definition) is 1. The first-order chi connectivity index (χ1) is 7.07. The van der Waals surface area contributed by atoms with E-state index in [0.717, 1.165) is 12.8 Å². The van der Waals surface area contributed by atoms with Crippen LogP contribution in [0.3, 0.4) is 0 Å². The van der Waals surface area contributed by atoms with E-state index in [1.54, 1.807) is 6.92 Å². The van der Waals surface area contributed by atoms with Gasteiger partial charge in [0, 0.05) is 11.6 Å². The number of unbranched alkanes of at least 4 members (excludes halogenated alkanes) is 1. The molecule has 1 nitrogen and oxygen atoms in total. The fourth-order valence-corrected chi connectivity index (χ4v) is 1.59. The van der Waals surface area contributed by atoms with Crippen molar-refractivity contribution < 1.29 is 8.78 Å². The van der Waals surface area contributed by atoms with Crippen LogP contribution in [0, 0.1) is 18.6 Å². The number of nitrogens with two attached hydrogens (primary N) is 1. The number of hydrogen-bond acceptors (Lipinski definition) is 1. The van der Waals surface area contributed by atoms with Crippen molar-refractivity contribution >= 4 is 12.4 Å². The molecule has 2 N–H and O–H groups in total. The van der Waals surface area contributed by atoms with Crippen LogP contribution in [0.2, 0.25) is 0 Å². The van der Waals surface area contributed by atoms with Gasteiger partial charge >= 0.3 is 0 Å². The average Bonchev–Trinajstić information content (AvgIpc) is 2.21. The maximum atomic E-state index is 13.6. The number of halogens is 3. The van der Waals surface area contributed by atoms with Gasteiger partial charge in [-0.3, -0.25) is 0 Å². The fourth-order valence-electron chi connectivity index (χ4n) is 1.59. The lowest BCUT2D eigenvalue weighted by atomic mass is 9.99. The van der Waals surface area contributed by atoms with Gasteiger partial charge < -0.3 is 5.73 Å². The molecule has 0 fully saturated rings. The van der Waals surface area contributed by atoms with Crippen LogP contribution in [0.25, 0.3) is 0 Å². The number of rotatable bonds is 4. The molecule has 0 amide bonds. The zero-order chi connectivity index (χ0) is 11.4. The molecule has 0 spiro atoms. The first-order valence-electron chi connectivity index (χ1n) is 5.28. The summed E-state index contributed by atoms with van der Waals surface area (Å²) in [6, 6.07) is 2.17. The Kier molecular flexibility index (Phi) is 6.53. The maximum absolute atomic E-state index is 13.6. The van der Waals surface area contributed by atoms with E-state index >= 15 is 0 Å². The highest BCUT2D eigenvalue weighted by molar-refractivity contribution is 5.85. The van der Waals surface area contributed by atoms with Crippen molar-refractivity contribution in [3.05, 3.63) is 34.9 Å². The van der Waals surface area contributed by atoms with E-state index in [1.165, 1.54) is 12.1 Å². The molecule has 1 aromatic carbocycles. The van der Waals surface area contributed by atoms with Crippen LogP contribution < -0.4 is 5.73 Å². The lowest BCUT2D eigenvalue weighted by Crippen LogP contribution is -2.14. The standard InChI is InChI=1S/C12H17F2N.ClH/c1-3-4-5-10(15)11-9(13)7-6-8(2)12(11)14;/h6-7,10H,3-5,15H2,1-2H3;1H/t10-;/m0./s1. The van der Waals surface area contributed by atoms with Crippen LogP contribution in [0.1, 0.15) is 43.4 Å². The maximum Gasteiger partial charge on any atom is 0.133 e. The molecule has 0 heterocycles. The molecule has 1 aromatic rings. The molecule has 0 saturated carbocycles. The quantitative estimate of drug-likeness (QED) is 0.861. The molecule has 1 atom stereocenters.